The van der Waals surface area contributed by atoms with Crippen LogP contribution in [0.4, 0.5) is 0 Å². The number of hydrogen-bond acceptors (Lipinski definition) is 3. The average Bonchev–Trinajstić information content (AvgIpc) is 3.34. The fourth-order valence-electron chi connectivity index (χ4n) is 3.50. The summed E-state index contributed by atoms with van der Waals surface area (Å²) >= 11 is 0. The van der Waals surface area contributed by atoms with Gasteiger partial charge < -0.3 is 9.73 Å². The third-order valence-electron chi connectivity index (χ3n) is 4.81. The van der Waals surface area contributed by atoms with E-state index in [1.54, 1.807) is 16.9 Å². The van der Waals surface area contributed by atoms with Gasteiger partial charge in [-0.25, -0.2) is 4.79 Å². The Morgan fingerprint density at radius 1 is 0.964 bits per heavy atom. The zero-order valence-electron chi connectivity index (χ0n) is 15.5. The number of fused-ring (bicyclic) bond motifs is 1. The number of imidazole rings is 1. The molecule has 4 rings (SSSR count). The predicted octanol–water partition coefficient (Wildman–Crippen LogP) is 3.32. The van der Waals surface area contributed by atoms with Crippen molar-refractivity contribution in [2.45, 2.75) is 26.1 Å². The van der Waals surface area contributed by atoms with Gasteiger partial charge in [-0.1, -0.05) is 42.5 Å². The Morgan fingerprint density at radius 3 is 2.29 bits per heavy atom. The lowest BCUT2D eigenvalue weighted by Crippen LogP contribution is -2.35. The molecule has 0 radical (unpaired) electrons. The van der Waals surface area contributed by atoms with Gasteiger partial charge in [0.1, 0.15) is 18.3 Å². The van der Waals surface area contributed by atoms with E-state index in [9.17, 15) is 9.59 Å². The monoisotopic (exact) mass is 375 g/mol. The molecule has 2 aromatic carbocycles. The number of aromatic nitrogens is 2. The molecule has 0 saturated heterocycles. The summed E-state index contributed by atoms with van der Waals surface area (Å²) in [4.78, 5) is 25.6. The van der Waals surface area contributed by atoms with E-state index >= 15 is 0 Å². The average molecular weight is 375 g/mol. The first-order valence-corrected chi connectivity index (χ1v) is 9.25. The van der Waals surface area contributed by atoms with Gasteiger partial charge in [-0.05, 0) is 36.8 Å². The highest BCUT2D eigenvalue weighted by Crippen LogP contribution is 2.22. The molecule has 0 bridgehead atoms. The van der Waals surface area contributed by atoms with E-state index in [4.69, 9.17) is 4.42 Å². The maximum atomic E-state index is 12.9. The Kier molecular flexibility index (Phi) is 4.85. The molecule has 0 aliphatic carbocycles. The van der Waals surface area contributed by atoms with Crippen LogP contribution in [0.1, 0.15) is 24.3 Å². The lowest BCUT2D eigenvalue weighted by atomic mass is 10.0. The molecule has 1 atom stereocenters. The van der Waals surface area contributed by atoms with Crippen molar-refractivity contribution in [1.82, 2.24) is 14.5 Å². The van der Waals surface area contributed by atoms with Crippen molar-refractivity contribution >= 4 is 16.9 Å². The molecule has 6 nitrogen and oxygen atoms in total. The number of hydrogen-bond donors (Lipinski definition) is 1. The van der Waals surface area contributed by atoms with Crippen molar-refractivity contribution in [2.75, 3.05) is 0 Å². The molecule has 142 valence electrons. The zero-order chi connectivity index (χ0) is 19.5. The number of para-hydroxylation sites is 2. The molecule has 4 aromatic rings. The fraction of sp³-hybridized carbons (Fsp3) is 0.182. The molecular formula is C22H21N3O3. The Morgan fingerprint density at radius 2 is 1.64 bits per heavy atom. The second-order valence-corrected chi connectivity index (χ2v) is 6.53. The summed E-state index contributed by atoms with van der Waals surface area (Å²) in [5.74, 6) is 0.384. The van der Waals surface area contributed by atoms with Crippen LogP contribution >= 0.6 is 0 Å². The summed E-state index contributed by atoms with van der Waals surface area (Å²) < 4.78 is 8.71. The topological polar surface area (TPSA) is 69.2 Å². The second kappa shape index (κ2) is 7.60. The summed E-state index contributed by atoms with van der Waals surface area (Å²) in [5, 5.41) is 3.00. The largest absolute Gasteiger partial charge is 0.467 e. The smallest absolute Gasteiger partial charge is 0.329 e. The first kappa shape index (κ1) is 17.9. The highest BCUT2D eigenvalue weighted by Gasteiger charge is 2.21. The van der Waals surface area contributed by atoms with Crippen LogP contribution in [0.3, 0.4) is 0 Å². The summed E-state index contributed by atoms with van der Waals surface area (Å²) in [6, 6.07) is 20.3. The van der Waals surface area contributed by atoms with Crippen LogP contribution in [0.5, 0.6) is 0 Å². The number of furan rings is 1. The van der Waals surface area contributed by atoms with Gasteiger partial charge >= 0.3 is 5.69 Å². The first-order chi connectivity index (χ1) is 13.7. The normalized spacial score (nSPS) is 12.2. The molecule has 2 heterocycles. The second-order valence-electron chi connectivity index (χ2n) is 6.53. The van der Waals surface area contributed by atoms with Crippen LogP contribution in [0, 0.1) is 0 Å². The predicted molar refractivity (Wildman–Crippen MR) is 107 cm³/mol. The molecule has 1 N–H and O–H groups in total. The van der Waals surface area contributed by atoms with E-state index in [1.807, 2.05) is 67.6 Å². The summed E-state index contributed by atoms with van der Waals surface area (Å²) in [6.07, 6.45) is 1.58. The van der Waals surface area contributed by atoms with Gasteiger partial charge in [0.15, 0.2) is 0 Å². The molecule has 0 spiro atoms. The minimum atomic E-state index is -0.418. The van der Waals surface area contributed by atoms with Crippen LogP contribution < -0.4 is 11.0 Å². The number of rotatable bonds is 6. The summed E-state index contributed by atoms with van der Waals surface area (Å²) in [7, 11) is 0. The zero-order valence-corrected chi connectivity index (χ0v) is 15.5. The molecule has 1 amide bonds. The Hall–Kier alpha value is -3.54. The van der Waals surface area contributed by atoms with E-state index in [0.717, 1.165) is 16.6 Å². The highest BCUT2D eigenvalue weighted by atomic mass is 16.3. The van der Waals surface area contributed by atoms with Gasteiger partial charge in [0.05, 0.1) is 17.3 Å². The molecule has 0 aliphatic heterocycles. The number of benzene rings is 2. The molecule has 0 fully saturated rings. The van der Waals surface area contributed by atoms with Crippen molar-refractivity contribution in [3.8, 4) is 0 Å². The molecule has 2 aromatic heterocycles. The molecular weight excluding hydrogens is 354 g/mol. The number of amides is 1. The number of carbonyl (C=O) groups excluding carboxylic acids is 1. The van der Waals surface area contributed by atoms with Crippen molar-refractivity contribution in [1.29, 1.82) is 0 Å². The molecule has 1 unspecified atom stereocenters. The van der Waals surface area contributed by atoms with Crippen LogP contribution in [-0.4, -0.2) is 15.0 Å². The number of nitrogens with zero attached hydrogens (tertiary/aromatic N) is 2. The summed E-state index contributed by atoms with van der Waals surface area (Å²) in [6.45, 7) is 2.41. The van der Waals surface area contributed by atoms with Gasteiger partial charge in [0.2, 0.25) is 5.91 Å². The molecule has 6 heteroatoms. The highest BCUT2D eigenvalue weighted by molar-refractivity contribution is 5.81. The van der Waals surface area contributed by atoms with Gasteiger partial charge in [-0.15, -0.1) is 0 Å². The Bertz CT molecular complexity index is 1140. The van der Waals surface area contributed by atoms with Gasteiger partial charge in [-0.2, -0.15) is 0 Å². The van der Waals surface area contributed by atoms with Gasteiger partial charge in [0, 0.05) is 6.54 Å². The van der Waals surface area contributed by atoms with E-state index in [2.05, 4.69) is 5.32 Å². The standard InChI is InChI=1S/C22H21N3O3/c1-2-24-17-11-6-7-12-18(17)25(22(24)27)15-20(26)23-21(19-13-8-14-28-19)16-9-4-3-5-10-16/h3-14,21H,2,15H2,1H3,(H,23,26). The maximum absolute atomic E-state index is 12.9. The van der Waals surface area contributed by atoms with Crippen LogP contribution in [0.2, 0.25) is 0 Å². The third kappa shape index (κ3) is 3.24. The Labute approximate surface area is 162 Å². The number of aryl methyl sites for hydroxylation is 1. The first-order valence-electron chi connectivity index (χ1n) is 9.25. The molecule has 28 heavy (non-hydrogen) atoms. The van der Waals surface area contributed by atoms with Crippen molar-refractivity contribution in [3.63, 3.8) is 0 Å². The van der Waals surface area contributed by atoms with Gasteiger partial charge in [-0.3, -0.25) is 13.9 Å². The lowest BCUT2D eigenvalue weighted by molar-refractivity contribution is -0.122. The molecule has 0 aliphatic rings. The van der Waals surface area contributed by atoms with Crippen LogP contribution in [0.15, 0.2) is 82.2 Å². The molecule has 0 saturated carbocycles. The minimum absolute atomic E-state index is 0.0591. The number of nitrogens with one attached hydrogen (secondary N) is 1. The quantitative estimate of drug-likeness (QED) is 0.562. The van der Waals surface area contributed by atoms with Crippen molar-refractivity contribution in [3.05, 3.63) is 94.8 Å². The lowest BCUT2D eigenvalue weighted by Gasteiger charge is -2.17. The van der Waals surface area contributed by atoms with E-state index in [0.29, 0.717) is 12.3 Å². The Balaban J connectivity index is 1.64. The van der Waals surface area contributed by atoms with Crippen LogP contribution in [-0.2, 0) is 17.9 Å². The minimum Gasteiger partial charge on any atom is -0.467 e. The summed E-state index contributed by atoms with van der Waals surface area (Å²) in [5.41, 5.74) is 2.30. The van der Waals surface area contributed by atoms with Crippen molar-refractivity contribution in [2.24, 2.45) is 0 Å². The SMILES string of the molecule is CCn1c(=O)n(CC(=O)NC(c2ccccc2)c2ccco2)c2ccccc21. The van der Waals surface area contributed by atoms with E-state index in [-0.39, 0.29) is 18.1 Å². The van der Waals surface area contributed by atoms with E-state index < -0.39 is 6.04 Å². The fourth-order valence-corrected chi connectivity index (χ4v) is 3.50. The number of carbonyl (C=O) groups is 1. The van der Waals surface area contributed by atoms with Crippen LogP contribution in [0.25, 0.3) is 11.0 Å². The van der Waals surface area contributed by atoms with E-state index in [1.165, 1.54) is 4.57 Å². The maximum Gasteiger partial charge on any atom is 0.329 e. The van der Waals surface area contributed by atoms with Crippen molar-refractivity contribution < 1.29 is 9.21 Å². The van der Waals surface area contributed by atoms with Gasteiger partial charge in [0.25, 0.3) is 0 Å². The third-order valence-corrected chi connectivity index (χ3v) is 4.81.